The van der Waals surface area contributed by atoms with E-state index in [0.29, 0.717) is 23.8 Å². The van der Waals surface area contributed by atoms with Crippen molar-refractivity contribution in [2.45, 2.75) is 19.9 Å². The van der Waals surface area contributed by atoms with E-state index in [4.69, 9.17) is 14.2 Å². The van der Waals surface area contributed by atoms with Gasteiger partial charge in [0.2, 0.25) is 5.75 Å². The number of pyridine rings is 1. The maximum atomic E-state index is 5.39. The number of ether oxygens (including phenoxy) is 3. The van der Waals surface area contributed by atoms with Gasteiger partial charge < -0.3 is 24.8 Å². The van der Waals surface area contributed by atoms with Crippen LogP contribution in [0, 0.1) is 6.92 Å². The summed E-state index contributed by atoms with van der Waals surface area (Å²) in [5.41, 5.74) is 3.21. The molecule has 0 saturated carbocycles. The molecule has 0 amide bonds. The first-order valence-electron chi connectivity index (χ1n) is 8.76. The number of aryl methyl sites for hydroxylation is 1. The molecule has 0 spiro atoms. The molecule has 0 saturated heterocycles. The molecule has 7 nitrogen and oxygen atoms in total. The number of hydrogen-bond acceptors (Lipinski definition) is 5. The Bertz CT molecular complexity index is 742. The third-order valence-electron chi connectivity index (χ3n) is 4.09. The maximum absolute atomic E-state index is 5.39. The van der Waals surface area contributed by atoms with Gasteiger partial charge in [-0.15, -0.1) is 24.0 Å². The molecule has 2 aromatic rings. The van der Waals surface area contributed by atoms with Crippen molar-refractivity contribution in [2.75, 3.05) is 34.9 Å². The summed E-state index contributed by atoms with van der Waals surface area (Å²) in [5, 5.41) is 6.60. The molecule has 0 aliphatic heterocycles. The van der Waals surface area contributed by atoms with Crippen LogP contribution in [0.1, 0.15) is 16.8 Å². The minimum atomic E-state index is 0. The van der Waals surface area contributed by atoms with E-state index < -0.39 is 0 Å². The molecule has 1 aromatic heterocycles. The van der Waals surface area contributed by atoms with Crippen LogP contribution in [0.25, 0.3) is 0 Å². The predicted molar refractivity (Wildman–Crippen MR) is 122 cm³/mol. The lowest BCUT2D eigenvalue weighted by molar-refractivity contribution is 0.323. The molecule has 0 aliphatic carbocycles. The Morgan fingerprint density at radius 1 is 1.00 bits per heavy atom. The first kappa shape index (κ1) is 23.8. The zero-order valence-corrected chi connectivity index (χ0v) is 19.4. The summed E-state index contributed by atoms with van der Waals surface area (Å²) in [7, 11) is 6.55. The molecule has 0 atom stereocenters. The summed E-state index contributed by atoms with van der Waals surface area (Å²) in [5.74, 6) is 2.56. The van der Waals surface area contributed by atoms with Crippen LogP contribution in [0.3, 0.4) is 0 Å². The van der Waals surface area contributed by atoms with E-state index in [9.17, 15) is 0 Å². The minimum absolute atomic E-state index is 0. The van der Waals surface area contributed by atoms with Crippen LogP contribution in [-0.4, -0.2) is 45.9 Å². The maximum Gasteiger partial charge on any atom is 0.203 e. The number of guanidine groups is 1. The smallest absolute Gasteiger partial charge is 0.203 e. The lowest BCUT2D eigenvalue weighted by atomic mass is 10.2. The Kier molecular flexibility index (Phi) is 10.4. The number of rotatable bonds is 8. The number of hydrogen-bond donors (Lipinski definition) is 2. The molecule has 28 heavy (non-hydrogen) atoms. The quantitative estimate of drug-likeness (QED) is 0.330. The molecular formula is C20H29IN4O3. The summed E-state index contributed by atoms with van der Waals surface area (Å²) >= 11 is 0. The fourth-order valence-electron chi connectivity index (χ4n) is 2.62. The van der Waals surface area contributed by atoms with Crippen LogP contribution >= 0.6 is 24.0 Å². The molecule has 0 radical (unpaired) electrons. The molecular weight excluding hydrogens is 471 g/mol. The zero-order valence-electron chi connectivity index (χ0n) is 17.0. The molecule has 8 heteroatoms. The fraction of sp³-hybridized carbons (Fsp3) is 0.400. The Labute approximate surface area is 183 Å². The highest BCUT2D eigenvalue weighted by Crippen LogP contribution is 2.38. The van der Waals surface area contributed by atoms with Crippen LogP contribution < -0.4 is 24.8 Å². The molecule has 0 aliphatic rings. The van der Waals surface area contributed by atoms with E-state index >= 15 is 0 Å². The average molecular weight is 500 g/mol. The Balaban J connectivity index is 0.00000392. The third-order valence-corrected chi connectivity index (χ3v) is 4.09. The highest BCUT2D eigenvalue weighted by molar-refractivity contribution is 14.0. The number of aliphatic imine (C=N–C) groups is 1. The second kappa shape index (κ2) is 12.3. The summed E-state index contributed by atoms with van der Waals surface area (Å²) in [6, 6.07) is 7.95. The largest absolute Gasteiger partial charge is 0.493 e. The van der Waals surface area contributed by atoms with E-state index in [2.05, 4.69) is 26.7 Å². The predicted octanol–water partition coefficient (Wildman–Crippen LogP) is 2.94. The SMILES string of the molecule is CN=C(NCCc1ccc(C)nc1)NCc1cc(OC)c(OC)c(OC)c1.I. The van der Waals surface area contributed by atoms with Crippen LogP contribution in [-0.2, 0) is 13.0 Å². The molecule has 2 rings (SSSR count). The molecule has 1 heterocycles. The van der Waals surface area contributed by atoms with Crippen LogP contribution in [0.15, 0.2) is 35.5 Å². The van der Waals surface area contributed by atoms with Crippen molar-refractivity contribution in [1.29, 1.82) is 0 Å². The van der Waals surface area contributed by atoms with Crippen LogP contribution in [0.4, 0.5) is 0 Å². The van der Waals surface area contributed by atoms with Gasteiger partial charge in [0.05, 0.1) is 21.3 Å². The van der Waals surface area contributed by atoms with Crippen molar-refractivity contribution in [2.24, 2.45) is 4.99 Å². The summed E-state index contributed by atoms with van der Waals surface area (Å²) < 4.78 is 16.1. The average Bonchev–Trinajstić information content (AvgIpc) is 2.70. The molecule has 1 aromatic carbocycles. The van der Waals surface area contributed by atoms with Gasteiger partial charge in [0.25, 0.3) is 0 Å². The zero-order chi connectivity index (χ0) is 19.6. The molecule has 0 fully saturated rings. The van der Waals surface area contributed by atoms with Gasteiger partial charge in [0.1, 0.15) is 0 Å². The van der Waals surface area contributed by atoms with Gasteiger partial charge in [-0.2, -0.15) is 0 Å². The molecule has 2 N–H and O–H groups in total. The van der Waals surface area contributed by atoms with Gasteiger partial charge in [-0.1, -0.05) is 6.07 Å². The molecule has 0 unspecified atom stereocenters. The topological polar surface area (TPSA) is 77.0 Å². The van der Waals surface area contributed by atoms with Gasteiger partial charge in [0, 0.05) is 32.0 Å². The monoisotopic (exact) mass is 500 g/mol. The number of aromatic nitrogens is 1. The molecule has 154 valence electrons. The van der Waals surface area contributed by atoms with E-state index in [-0.39, 0.29) is 24.0 Å². The lowest BCUT2D eigenvalue weighted by Crippen LogP contribution is -2.37. The van der Waals surface area contributed by atoms with Crippen molar-refractivity contribution >= 4 is 29.9 Å². The standard InChI is InChI=1S/C20H28N4O3.HI/c1-14-6-7-15(12-23-14)8-9-22-20(21-2)24-13-16-10-17(25-3)19(27-5)18(11-16)26-4;/h6-7,10-12H,8-9,13H2,1-5H3,(H2,21,22,24);1H. The van der Waals surface area contributed by atoms with E-state index in [1.807, 2.05) is 31.3 Å². The molecule has 0 bridgehead atoms. The van der Waals surface area contributed by atoms with Gasteiger partial charge in [-0.05, 0) is 42.7 Å². The Morgan fingerprint density at radius 3 is 2.18 bits per heavy atom. The number of halogens is 1. The summed E-state index contributed by atoms with van der Waals surface area (Å²) in [6.07, 6.45) is 2.78. The number of nitrogens with one attached hydrogen (secondary N) is 2. The van der Waals surface area contributed by atoms with Crippen LogP contribution in [0.2, 0.25) is 0 Å². The van der Waals surface area contributed by atoms with Crippen molar-refractivity contribution in [3.05, 3.63) is 47.3 Å². The second-order valence-corrected chi connectivity index (χ2v) is 5.94. The number of nitrogens with zero attached hydrogens (tertiary/aromatic N) is 2. The van der Waals surface area contributed by atoms with E-state index in [1.54, 1.807) is 28.4 Å². The van der Waals surface area contributed by atoms with E-state index in [0.717, 1.165) is 30.2 Å². The van der Waals surface area contributed by atoms with Crippen molar-refractivity contribution in [3.63, 3.8) is 0 Å². The van der Waals surface area contributed by atoms with Crippen LogP contribution in [0.5, 0.6) is 17.2 Å². The Morgan fingerprint density at radius 2 is 1.68 bits per heavy atom. The normalized spacial score (nSPS) is 10.7. The van der Waals surface area contributed by atoms with Gasteiger partial charge in [-0.25, -0.2) is 0 Å². The lowest BCUT2D eigenvalue weighted by Gasteiger charge is -2.16. The van der Waals surface area contributed by atoms with E-state index in [1.165, 1.54) is 5.56 Å². The number of benzene rings is 1. The van der Waals surface area contributed by atoms with Crippen molar-refractivity contribution in [1.82, 2.24) is 15.6 Å². The number of methoxy groups -OCH3 is 3. The minimum Gasteiger partial charge on any atom is -0.493 e. The summed E-state index contributed by atoms with van der Waals surface area (Å²) in [4.78, 5) is 8.57. The van der Waals surface area contributed by atoms with Gasteiger partial charge in [-0.3, -0.25) is 9.98 Å². The highest BCUT2D eigenvalue weighted by atomic mass is 127. The second-order valence-electron chi connectivity index (χ2n) is 5.94. The van der Waals surface area contributed by atoms with Crippen molar-refractivity contribution < 1.29 is 14.2 Å². The fourth-order valence-corrected chi connectivity index (χ4v) is 2.62. The van der Waals surface area contributed by atoms with Gasteiger partial charge >= 0.3 is 0 Å². The third kappa shape index (κ3) is 6.74. The highest BCUT2D eigenvalue weighted by Gasteiger charge is 2.13. The summed E-state index contributed by atoms with van der Waals surface area (Å²) in [6.45, 7) is 3.32. The first-order chi connectivity index (χ1) is 13.1. The Hall–Kier alpha value is -2.23. The first-order valence-corrected chi connectivity index (χ1v) is 8.76. The van der Waals surface area contributed by atoms with Crippen molar-refractivity contribution in [3.8, 4) is 17.2 Å². The van der Waals surface area contributed by atoms with Gasteiger partial charge in [0.15, 0.2) is 17.5 Å².